The van der Waals surface area contributed by atoms with E-state index in [9.17, 15) is 56.2 Å². The van der Waals surface area contributed by atoms with E-state index in [1.807, 2.05) is 0 Å². The van der Waals surface area contributed by atoms with Gasteiger partial charge in [-0.1, -0.05) is 0 Å². The molecule has 34 heavy (non-hydrogen) atoms. The van der Waals surface area contributed by atoms with Crippen LogP contribution >= 0.6 is 0 Å². The summed E-state index contributed by atoms with van der Waals surface area (Å²) >= 11 is 0. The van der Waals surface area contributed by atoms with Gasteiger partial charge in [-0.25, -0.2) is 0 Å². The monoisotopic (exact) mass is 504 g/mol. The summed E-state index contributed by atoms with van der Waals surface area (Å²) in [7, 11) is 0. The maximum Gasteiger partial charge on any atom is 0.224 e. The summed E-state index contributed by atoms with van der Waals surface area (Å²) in [6.07, 6.45) is -19.0. The van der Waals surface area contributed by atoms with Gasteiger partial charge in [0.2, 0.25) is 11.6 Å². The van der Waals surface area contributed by atoms with Crippen LogP contribution in [0, 0.1) is 0 Å². The predicted molar refractivity (Wildman–Crippen MR) is 101 cm³/mol. The smallest absolute Gasteiger partial charge is 0.224 e. The minimum Gasteiger partial charge on any atom is -0.394 e. The average molecular weight is 504 g/mol. The molecule has 0 amide bonds. The molecule has 3 rings (SSSR count). The van der Waals surface area contributed by atoms with Crippen LogP contribution in [0.3, 0.4) is 0 Å². The van der Waals surface area contributed by atoms with Gasteiger partial charge in [-0.15, -0.1) is 0 Å². The van der Waals surface area contributed by atoms with E-state index >= 15 is 0 Å². The first-order chi connectivity index (χ1) is 16.0. The first-order valence-electron chi connectivity index (χ1n) is 10.5. The summed E-state index contributed by atoms with van der Waals surface area (Å²) in [6, 6.07) is 0. The van der Waals surface area contributed by atoms with Crippen molar-refractivity contribution in [2.24, 2.45) is 0 Å². The molecule has 0 aromatic heterocycles. The molecule has 11 N–H and O–H groups in total. The highest BCUT2D eigenvalue weighted by Crippen LogP contribution is 2.39. The Morgan fingerprint density at radius 2 is 1.09 bits per heavy atom. The Bertz CT molecular complexity index is 668. The molecule has 4 unspecified atom stereocenters. The quantitative estimate of drug-likeness (QED) is 0.139. The Hall–Kier alpha value is -0.640. The van der Waals surface area contributed by atoms with Crippen molar-refractivity contribution in [2.45, 2.75) is 78.9 Å². The van der Waals surface area contributed by atoms with Crippen LogP contribution in [0.25, 0.3) is 0 Å². The third-order valence-corrected chi connectivity index (χ3v) is 6.27. The van der Waals surface area contributed by atoms with Gasteiger partial charge in [-0.2, -0.15) is 0 Å². The molecule has 0 radical (unpaired) electrons. The Morgan fingerprint density at radius 3 is 1.56 bits per heavy atom. The summed E-state index contributed by atoms with van der Waals surface area (Å²) in [4.78, 5) is 0. The average Bonchev–Trinajstić information content (AvgIpc) is 3.23. The van der Waals surface area contributed by atoms with Gasteiger partial charge in [0.05, 0.1) is 19.8 Å². The van der Waals surface area contributed by atoms with E-state index in [4.69, 9.17) is 23.7 Å². The Balaban J connectivity index is 1.87. The van der Waals surface area contributed by atoms with Crippen molar-refractivity contribution in [3.63, 3.8) is 0 Å². The topological polar surface area (TPSA) is 269 Å². The molecule has 0 saturated carbocycles. The van der Waals surface area contributed by atoms with Gasteiger partial charge in [0.1, 0.15) is 74.3 Å². The second-order valence-electron chi connectivity index (χ2n) is 8.43. The lowest BCUT2D eigenvalue weighted by molar-refractivity contribution is -0.399. The van der Waals surface area contributed by atoms with E-state index in [2.05, 4.69) is 0 Å². The number of aliphatic hydroxyl groups excluding tert-OH is 11. The van der Waals surface area contributed by atoms with Gasteiger partial charge in [0.25, 0.3) is 0 Å². The van der Waals surface area contributed by atoms with E-state index in [0.717, 1.165) is 0 Å². The van der Waals surface area contributed by atoms with Crippen molar-refractivity contribution in [1.82, 2.24) is 0 Å². The summed E-state index contributed by atoms with van der Waals surface area (Å²) in [5, 5.41) is 109. The zero-order valence-corrected chi connectivity index (χ0v) is 17.8. The van der Waals surface area contributed by atoms with Crippen LogP contribution in [-0.2, 0) is 23.7 Å². The van der Waals surface area contributed by atoms with Gasteiger partial charge >= 0.3 is 0 Å². The molecular weight excluding hydrogens is 472 g/mol. The maximum absolute atomic E-state index is 10.7. The first-order valence-corrected chi connectivity index (χ1v) is 10.5. The van der Waals surface area contributed by atoms with Crippen molar-refractivity contribution in [2.75, 3.05) is 33.0 Å². The van der Waals surface area contributed by atoms with Crippen LogP contribution in [0.5, 0.6) is 0 Å². The van der Waals surface area contributed by atoms with E-state index in [1.54, 1.807) is 0 Å². The third-order valence-electron chi connectivity index (χ3n) is 6.27. The van der Waals surface area contributed by atoms with Crippen molar-refractivity contribution in [3.8, 4) is 0 Å². The minimum absolute atomic E-state index is 0.750. The molecule has 16 nitrogen and oxygen atoms in total. The minimum atomic E-state index is -2.49. The number of aliphatic hydroxyl groups is 11. The normalized spacial score (nSPS) is 51.8. The molecule has 0 aromatic carbocycles. The summed E-state index contributed by atoms with van der Waals surface area (Å²) in [6.45, 7) is -4.40. The van der Waals surface area contributed by atoms with Crippen LogP contribution in [0.15, 0.2) is 0 Å². The van der Waals surface area contributed by atoms with Crippen molar-refractivity contribution in [3.05, 3.63) is 0 Å². The molecule has 3 aliphatic rings. The highest BCUT2D eigenvalue weighted by molar-refractivity contribution is 5.01. The molecule has 200 valence electrons. The van der Waals surface area contributed by atoms with Crippen molar-refractivity contribution in [1.29, 1.82) is 0 Å². The van der Waals surface area contributed by atoms with E-state index in [-0.39, 0.29) is 0 Å². The SMILES string of the molecule is OCC1OC(O[C@]2(CO[C@]3(CO)O[C@H](CO)[C@H](O)C3O)O[C@H](CO)[C@H](O)C2O)[C@H](O)[C@@H](O)[C@H]1O. The summed E-state index contributed by atoms with van der Waals surface area (Å²) in [5.74, 6) is -4.84. The number of rotatable bonds is 9. The molecular formula is C18H32O16. The van der Waals surface area contributed by atoms with Gasteiger partial charge in [-0.05, 0) is 0 Å². The standard InChI is InChI=1S/C18H32O16/c19-1-6-9(23)12(26)13(27)16(31-6)34-18(15(29)11(25)8(3-21)33-18)5-30-17(4-22)14(28)10(24)7(2-20)32-17/h6-16,19-29H,1-5H2/t6?,7-,8-,9+,10+,11+,12+,13-,14?,15?,16?,17-,18+/m1/s1. The van der Waals surface area contributed by atoms with E-state index < -0.39 is 112 Å². The summed E-state index contributed by atoms with van der Waals surface area (Å²) in [5.41, 5.74) is 0. The largest absolute Gasteiger partial charge is 0.394 e. The highest BCUT2D eigenvalue weighted by Gasteiger charge is 2.62. The first kappa shape index (κ1) is 27.9. The van der Waals surface area contributed by atoms with Crippen LogP contribution in [0.2, 0.25) is 0 Å². The molecule has 13 atom stereocenters. The molecule has 16 heteroatoms. The maximum atomic E-state index is 10.7. The van der Waals surface area contributed by atoms with Gasteiger partial charge in [0.15, 0.2) is 6.29 Å². The Morgan fingerprint density at radius 1 is 0.588 bits per heavy atom. The van der Waals surface area contributed by atoms with E-state index in [1.165, 1.54) is 0 Å². The molecule has 0 aliphatic carbocycles. The molecule has 3 fully saturated rings. The summed E-state index contributed by atoms with van der Waals surface area (Å²) < 4.78 is 26.9. The van der Waals surface area contributed by atoms with Gasteiger partial charge in [0, 0.05) is 0 Å². The van der Waals surface area contributed by atoms with E-state index in [0.29, 0.717) is 0 Å². The molecule has 3 heterocycles. The van der Waals surface area contributed by atoms with Crippen molar-refractivity contribution < 1.29 is 79.9 Å². The zero-order chi connectivity index (χ0) is 25.4. The number of ether oxygens (including phenoxy) is 5. The van der Waals surface area contributed by atoms with Crippen LogP contribution < -0.4 is 0 Å². The number of hydrogen-bond acceptors (Lipinski definition) is 16. The van der Waals surface area contributed by atoms with Crippen LogP contribution in [0.4, 0.5) is 0 Å². The fourth-order valence-electron chi connectivity index (χ4n) is 4.14. The lowest BCUT2D eigenvalue weighted by Gasteiger charge is -2.44. The molecule has 3 aliphatic heterocycles. The second-order valence-corrected chi connectivity index (χ2v) is 8.43. The molecule has 0 spiro atoms. The number of hydrogen-bond donors (Lipinski definition) is 11. The molecule has 0 aromatic rings. The molecule has 3 saturated heterocycles. The zero-order valence-electron chi connectivity index (χ0n) is 17.8. The fourth-order valence-corrected chi connectivity index (χ4v) is 4.14. The molecule has 0 bridgehead atoms. The van der Waals surface area contributed by atoms with Crippen LogP contribution in [0.1, 0.15) is 0 Å². The Kier molecular flexibility index (Phi) is 8.85. The third kappa shape index (κ3) is 4.71. The van der Waals surface area contributed by atoms with Crippen molar-refractivity contribution >= 4 is 0 Å². The Labute approximate surface area is 192 Å². The fraction of sp³-hybridized carbons (Fsp3) is 1.00. The van der Waals surface area contributed by atoms with Crippen LogP contribution in [-0.4, -0.2) is 168 Å². The lowest BCUT2D eigenvalue weighted by Crippen LogP contribution is -2.63. The van der Waals surface area contributed by atoms with Gasteiger partial charge in [-0.3, -0.25) is 0 Å². The second kappa shape index (κ2) is 10.8. The lowest BCUT2D eigenvalue weighted by atomic mass is 9.99. The van der Waals surface area contributed by atoms with Gasteiger partial charge < -0.3 is 79.9 Å². The predicted octanol–water partition coefficient (Wildman–Crippen LogP) is -7.57. The highest BCUT2D eigenvalue weighted by atomic mass is 16.8.